The second-order valence-electron chi connectivity index (χ2n) is 11.8. The summed E-state index contributed by atoms with van der Waals surface area (Å²) in [6.45, 7) is 4.85. The van der Waals surface area contributed by atoms with Crippen LogP contribution in [0.5, 0.6) is 0 Å². The van der Waals surface area contributed by atoms with Crippen LogP contribution in [0.4, 0.5) is 18.0 Å². The van der Waals surface area contributed by atoms with E-state index in [0.29, 0.717) is 17.7 Å². The Morgan fingerprint density at radius 3 is 2.12 bits per heavy atom. The van der Waals surface area contributed by atoms with Crippen LogP contribution in [-0.2, 0) is 11.3 Å². The van der Waals surface area contributed by atoms with Gasteiger partial charge in [0.05, 0.1) is 16.6 Å². The highest BCUT2D eigenvalue weighted by Gasteiger charge is 2.38. The molecule has 12 heteroatoms. The van der Waals surface area contributed by atoms with Gasteiger partial charge in [-0.05, 0) is 69.7 Å². The van der Waals surface area contributed by atoms with Crippen LogP contribution in [0.2, 0.25) is 0 Å². The number of carbonyl (C=O) groups excluding carboxylic acids is 2. The Kier molecular flexibility index (Phi) is 8.54. The summed E-state index contributed by atoms with van der Waals surface area (Å²) in [7, 11) is 3.52. The van der Waals surface area contributed by atoms with Crippen molar-refractivity contribution >= 4 is 39.8 Å². The van der Waals surface area contributed by atoms with Gasteiger partial charge >= 0.3 is 18.2 Å². The number of aliphatic carboxylic acids is 1. The molecule has 228 valence electrons. The highest BCUT2D eigenvalue weighted by Crippen LogP contribution is 2.37. The summed E-state index contributed by atoms with van der Waals surface area (Å²) in [6.07, 6.45) is 3.39. The van der Waals surface area contributed by atoms with Gasteiger partial charge in [-0.1, -0.05) is 24.6 Å². The maximum absolute atomic E-state index is 13.9. The normalized spacial score (nSPS) is 18.6. The van der Waals surface area contributed by atoms with Gasteiger partial charge in [0.1, 0.15) is 5.69 Å². The monoisotopic (exact) mass is 589 g/mol. The Balaban J connectivity index is 0.000000451. The lowest BCUT2D eigenvalue weighted by molar-refractivity contribution is -0.192. The molecule has 9 nitrogen and oxygen atoms in total. The highest BCUT2D eigenvalue weighted by atomic mass is 19.4. The quantitative estimate of drug-likeness (QED) is 0.449. The molecule has 2 aromatic heterocycles. The van der Waals surface area contributed by atoms with Crippen molar-refractivity contribution in [2.24, 2.45) is 5.92 Å². The molecule has 6 rings (SSSR count). The molecule has 1 aliphatic carbocycles. The number of carbonyl (C=O) groups is 3. The Bertz CT molecular complexity index is 1460. The molecule has 1 saturated carbocycles. The minimum Gasteiger partial charge on any atom is -0.475 e. The molecule has 0 unspecified atom stereocenters. The second kappa shape index (κ2) is 12.0. The molecule has 42 heavy (non-hydrogen) atoms. The molecule has 0 atom stereocenters. The van der Waals surface area contributed by atoms with E-state index in [0.717, 1.165) is 54.4 Å². The number of para-hydroxylation sites is 1. The summed E-state index contributed by atoms with van der Waals surface area (Å²) in [5.74, 6) is -2.09. The van der Waals surface area contributed by atoms with E-state index < -0.39 is 12.1 Å². The van der Waals surface area contributed by atoms with E-state index in [1.807, 2.05) is 17.0 Å². The SMILES string of the molecule is CN(C)C(=O)n1c(C(=O)N2CCC(N3CCCCC3)CC2)cc2c1c1ccccc1n2CC1CC1.O=C(O)C(F)(F)F. The van der Waals surface area contributed by atoms with Crippen LogP contribution in [-0.4, -0.2) is 99.3 Å². The predicted octanol–water partition coefficient (Wildman–Crippen LogP) is 5.26. The number of nitrogens with zero attached hydrogens (tertiary/aromatic N) is 5. The number of rotatable bonds is 4. The molecule has 2 aliphatic heterocycles. The average Bonchev–Trinajstić information content (AvgIpc) is 3.65. The number of likely N-dealkylation sites (tertiary alicyclic amines) is 2. The molecule has 0 spiro atoms. The largest absolute Gasteiger partial charge is 0.490 e. The van der Waals surface area contributed by atoms with Crippen molar-refractivity contribution in [2.75, 3.05) is 40.3 Å². The number of aromatic nitrogens is 2. The number of halogens is 3. The van der Waals surface area contributed by atoms with Gasteiger partial charge in [0.25, 0.3) is 5.91 Å². The van der Waals surface area contributed by atoms with Gasteiger partial charge in [0.15, 0.2) is 0 Å². The van der Waals surface area contributed by atoms with E-state index >= 15 is 0 Å². The number of benzene rings is 1. The fourth-order valence-electron chi connectivity index (χ4n) is 6.19. The Morgan fingerprint density at radius 1 is 0.929 bits per heavy atom. The van der Waals surface area contributed by atoms with Crippen LogP contribution in [0.3, 0.4) is 0 Å². The molecule has 2 amide bonds. The molecular formula is C30H38F3N5O4. The minimum absolute atomic E-state index is 0.0180. The van der Waals surface area contributed by atoms with E-state index in [2.05, 4.69) is 27.7 Å². The van der Waals surface area contributed by atoms with Crippen LogP contribution >= 0.6 is 0 Å². The topological polar surface area (TPSA) is 91.0 Å². The first-order valence-corrected chi connectivity index (χ1v) is 14.6. The number of hydrogen-bond donors (Lipinski definition) is 1. The van der Waals surface area contributed by atoms with Crippen LogP contribution in [0, 0.1) is 5.92 Å². The van der Waals surface area contributed by atoms with Crippen molar-refractivity contribution in [3.63, 3.8) is 0 Å². The number of fused-ring (bicyclic) bond motifs is 3. The van der Waals surface area contributed by atoms with Gasteiger partial charge in [0.2, 0.25) is 0 Å². The molecule has 3 aliphatic rings. The molecular weight excluding hydrogens is 551 g/mol. The maximum atomic E-state index is 13.9. The smallest absolute Gasteiger partial charge is 0.475 e. The van der Waals surface area contributed by atoms with Crippen molar-refractivity contribution < 1.29 is 32.7 Å². The van der Waals surface area contributed by atoms with Crippen molar-refractivity contribution in [1.29, 1.82) is 0 Å². The summed E-state index contributed by atoms with van der Waals surface area (Å²) in [4.78, 5) is 42.4. The van der Waals surface area contributed by atoms with Crippen molar-refractivity contribution in [2.45, 2.75) is 63.7 Å². The molecule has 3 fully saturated rings. The van der Waals surface area contributed by atoms with E-state index in [4.69, 9.17) is 9.90 Å². The Morgan fingerprint density at radius 2 is 1.55 bits per heavy atom. The lowest BCUT2D eigenvalue weighted by atomic mass is 9.99. The van der Waals surface area contributed by atoms with Gasteiger partial charge in [-0.25, -0.2) is 9.59 Å². The zero-order valence-electron chi connectivity index (χ0n) is 24.1. The molecule has 0 radical (unpaired) electrons. The molecule has 2 saturated heterocycles. The Hall–Kier alpha value is -3.54. The minimum atomic E-state index is -5.08. The number of carboxylic acid groups (broad SMARTS) is 1. The van der Waals surface area contributed by atoms with E-state index in [9.17, 15) is 22.8 Å². The third kappa shape index (κ3) is 6.13. The maximum Gasteiger partial charge on any atom is 0.490 e. The molecule has 0 bridgehead atoms. The van der Waals surface area contributed by atoms with Crippen molar-refractivity contribution in [1.82, 2.24) is 23.8 Å². The third-order valence-corrected chi connectivity index (χ3v) is 8.55. The van der Waals surface area contributed by atoms with Gasteiger partial charge in [-0.15, -0.1) is 0 Å². The number of alkyl halides is 3. The first-order chi connectivity index (χ1) is 20.0. The van der Waals surface area contributed by atoms with E-state index in [1.165, 1.54) is 45.2 Å². The number of piperidine rings is 2. The number of amides is 2. The van der Waals surface area contributed by atoms with Crippen LogP contribution in [0.15, 0.2) is 30.3 Å². The van der Waals surface area contributed by atoms with Gasteiger partial charge in [-0.3, -0.25) is 9.36 Å². The zero-order valence-corrected chi connectivity index (χ0v) is 24.1. The average molecular weight is 590 g/mol. The molecule has 4 heterocycles. The van der Waals surface area contributed by atoms with Crippen LogP contribution in [0.1, 0.15) is 55.4 Å². The van der Waals surface area contributed by atoms with E-state index in [-0.39, 0.29) is 11.9 Å². The van der Waals surface area contributed by atoms with Crippen molar-refractivity contribution in [3.8, 4) is 0 Å². The third-order valence-electron chi connectivity index (χ3n) is 8.55. The standard InChI is InChI=1S/C28H37N5O2.C2HF3O2/c1-29(2)28(35)33-25(27(34)31-16-12-21(13-17-31)30-14-6-3-7-15-30)18-24-26(33)22-8-4-5-9-23(22)32(24)19-20-10-11-20;3-2(4,5)1(6)7/h4-5,8-9,18,20-21H,3,6-7,10-17,19H2,1-2H3;(H,6,7). The molecule has 1 aromatic carbocycles. The summed E-state index contributed by atoms with van der Waals surface area (Å²) in [6, 6.07) is 10.7. The second-order valence-corrected chi connectivity index (χ2v) is 11.8. The van der Waals surface area contributed by atoms with Gasteiger partial charge in [0, 0.05) is 45.2 Å². The van der Waals surface area contributed by atoms with Crippen LogP contribution in [0.25, 0.3) is 21.9 Å². The summed E-state index contributed by atoms with van der Waals surface area (Å²) in [5, 5.41) is 8.17. The first kappa shape index (κ1) is 29.9. The van der Waals surface area contributed by atoms with E-state index in [1.54, 1.807) is 23.6 Å². The fourth-order valence-corrected chi connectivity index (χ4v) is 6.19. The van der Waals surface area contributed by atoms with Gasteiger partial charge in [-0.2, -0.15) is 13.2 Å². The van der Waals surface area contributed by atoms with Crippen molar-refractivity contribution in [3.05, 3.63) is 36.0 Å². The lowest BCUT2D eigenvalue weighted by Crippen LogP contribution is -2.48. The summed E-state index contributed by atoms with van der Waals surface area (Å²) < 4.78 is 35.8. The first-order valence-electron chi connectivity index (χ1n) is 14.6. The Labute approximate surface area is 242 Å². The summed E-state index contributed by atoms with van der Waals surface area (Å²) >= 11 is 0. The predicted molar refractivity (Wildman–Crippen MR) is 153 cm³/mol. The lowest BCUT2D eigenvalue weighted by Gasteiger charge is -2.40. The molecule has 1 N–H and O–H groups in total. The molecule has 3 aromatic rings. The van der Waals surface area contributed by atoms with Gasteiger partial charge < -0.3 is 24.4 Å². The fraction of sp³-hybridized carbons (Fsp3) is 0.567. The number of carboxylic acids is 1. The summed E-state index contributed by atoms with van der Waals surface area (Å²) in [5.41, 5.74) is 3.51. The number of hydrogen-bond acceptors (Lipinski definition) is 4. The zero-order chi connectivity index (χ0) is 30.2. The van der Waals surface area contributed by atoms with Crippen LogP contribution < -0.4 is 0 Å². The highest BCUT2D eigenvalue weighted by molar-refractivity contribution is 6.14.